The lowest BCUT2D eigenvalue weighted by molar-refractivity contribution is 0.0958. The second-order valence-electron chi connectivity index (χ2n) is 3.50. The largest absolute Gasteiger partial charge is 0.349 e. The molecule has 1 rings (SSSR count). The SMILES string of the molecule is CC(C)=CCNC(=O)c1ccc(I)cc1. The van der Waals surface area contributed by atoms with E-state index in [2.05, 4.69) is 27.9 Å². The zero-order valence-corrected chi connectivity index (χ0v) is 11.0. The highest BCUT2D eigenvalue weighted by molar-refractivity contribution is 14.1. The van der Waals surface area contributed by atoms with E-state index in [9.17, 15) is 4.79 Å². The normalized spacial score (nSPS) is 9.53. The topological polar surface area (TPSA) is 29.1 Å². The van der Waals surface area contributed by atoms with E-state index in [1.54, 1.807) is 0 Å². The zero-order valence-electron chi connectivity index (χ0n) is 8.88. The van der Waals surface area contributed by atoms with E-state index in [4.69, 9.17) is 0 Å². The summed E-state index contributed by atoms with van der Waals surface area (Å²) >= 11 is 2.22. The van der Waals surface area contributed by atoms with Crippen LogP contribution in [0.2, 0.25) is 0 Å². The average molecular weight is 315 g/mol. The number of hydrogen-bond donors (Lipinski definition) is 1. The molecule has 0 aromatic heterocycles. The summed E-state index contributed by atoms with van der Waals surface area (Å²) in [6, 6.07) is 7.52. The van der Waals surface area contributed by atoms with Crippen LogP contribution in [0.4, 0.5) is 0 Å². The van der Waals surface area contributed by atoms with E-state index in [0.717, 1.165) is 3.57 Å². The molecule has 1 aromatic carbocycles. The maximum Gasteiger partial charge on any atom is 0.251 e. The minimum Gasteiger partial charge on any atom is -0.349 e. The van der Waals surface area contributed by atoms with Gasteiger partial charge in [-0.05, 0) is 60.7 Å². The number of carbonyl (C=O) groups excluding carboxylic acids is 1. The summed E-state index contributed by atoms with van der Waals surface area (Å²) in [6.07, 6.45) is 1.99. The average Bonchev–Trinajstić information content (AvgIpc) is 2.18. The molecule has 0 unspecified atom stereocenters. The number of amides is 1. The molecule has 0 fully saturated rings. The molecular weight excluding hydrogens is 301 g/mol. The molecular formula is C12H14INO. The molecule has 0 saturated carbocycles. The summed E-state index contributed by atoms with van der Waals surface area (Å²) in [4.78, 5) is 11.6. The molecule has 2 nitrogen and oxygen atoms in total. The molecule has 80 valence electrons. The van der Waals surface area contributed by atoms with Crippen molar-refractivity contribution in [2.24, 2.45) is 0 Å². The van der Waals surface area contributed by atoms with Crippen molar-refractivity contribution in [2.75, 3.05) is 6.54 Å². The zero-order chi connectivity index (χ0) is 11.3. The van der Waals surface area contributed by atoms with Crippen molar-refractivity contribution in [3.8, 4) is 0 Å². The summed E-state index contributed by atoms with van der Waals surface area (Å²) in [5, 5.41) is 2.83. The summed E-state index contributed by atoms with van der Waals surface area (Å²) in [7, 11) is 0. The Morgan fingerprint density at radius 1 is 1.33 bits per heavy atom. The standard InChI is InChI=1S/C12H14INO/c1-9(2)7-8-14-12(15)10-3-5-11(13)6-4-10/h3-7H,8H2,1-2H3,(H,14,15). The van der Waals surface area contributed by atoms with Crippen LogP contribution >= 0.6 is 22.6 Å². The molecule has 0 aliphatic rings. The minimum atomic E-state index is -0.0242. The highest BCUT2D eigenvalue weighted by Crippen LogP contribution is 2.06. The van der Waals surface area contributed by atoms with E-state index in [1.165, 1.54) is 5.57 Å². The van der Waals surface area contributed by atoms with Crippen LogP contribution in [0.25, 0.3) is 0 Å². The summed E-state index contributed by atoms with van der Waals surface area (Å²) in [5.74, 6) is -0.0242. The number of halogens is 1. The first kappa shape index (κ1) is 12.2. The van der Waals surface area contributed by atoms with Crippen LogP contribution in [0.3, 0.4) is 0 Å². The number of nitrogens with one attached hydrogen (secondary N) is 1. The molecule has 0 radical (unpaired) electrons. The number of carbonyl (C=O) groups is 1. The number of rotatable bonds is 3. The van der Waals surface area contributed by atoms with Crippen molar-refractivity contribution < 1.29 is 4.79 Å². The van der Waals surface area contributed by atoms with Crippen molar-refractivity contribution in [2.45, 2.75) is 13.8 Å². The molecule has 0 saturated heterocycles. The summed E-state index contributed by atoms with van der Waals surface area (Å²) in [5.41, 5.74) is 1.91. The Labute approximate surface area is 104 Å². The van der Waals surface area contributed by atoms with E-state index in [0.29, 0.717) is 12.1 Å². The maximum atomic E-state index is 11.6. The van der Waals surface area contributed by atoms with Gasteiger partial charge in [-0.3, -0.25) is 4.79 Å². The Morgan fingerprint density at radius 3 is 2.47 bits per heavy atom. The van der Waals surface area contributed by atoms with E-state index in [1.807, 2.05) is 44.2 Å². The predicted octanol–water partition coefficient (Wildman–Crippen LogP) is 2.99. The quantitative estimate of drug-likeness (QED) is 0.674. The van der Waals surface area contributed by atoms with Crippen molar-refractivity contribution >= 4 is 28.5 Å². The van der Waals surface area contributed by atoms with Gasteiger partial charge in [0.15, 0.2) is 0 Å². The van der Waals surface area contributed by atoms with Gasteiger partial charge in [-0.2, -0.15) is 0 Å². The van der Waals surface area contributed by atoms with Gasteiger partial charge in [-0.15, -0.1) is 0 Å². The molecule has 0 spiro atoms. The maximum absolute atomic E-state index is 11.6. The molecule has 0 aliphatic heterocycles. The lowest BCUT2D eigenvalue weighted by Gasteiger charge is -2.02. The Kier molecular flexibility index (Phi) is 4.81. The van der Waals surface area contributed by atoms with Gasteiger partial charge in [0, 0.05) is 15.7 Å². The molecule has 0 atom stereocenters. The van der Waals surface area contributed by atoms with Crippen LogP contribution in [-0.4, -0.2) is 12.5 Å². The van der Waals surface area contributed by atoms with Crippen LogP contribution in [0.1, 0.15) is 24.2 Å². The summed E-state index contributed by atoms with van der Waals surface area (Å²) in [6.45, 7) is 4.61. The van der Waals surface area contributed by atoms with Crippen LogP contribution < -0.4 is 5.32 Å². The molecule has 0 bridgehead atoms. The Hall–Kier alpha value is -0.840. The van der Waals surface area contributed by atoms with Crippen LogP contribution in [0.5, 0.6) is 0 Å². The van der Waals surface area contributed by atoms with Gasteiger partial charge >= 0.3 is 0 Å². The lowest BCUT2D eigenvalue weighted by Crippen LogP contribution is -2.23. The summed E-state index contributed by atoms with van der Waals surface area (Å²) < 4.78 is 1.13. The Morgan fingerprint density at radius 2 is 1.93 bits per heavy atom. The van der Waals surface area contributed by atoms with Gasteiger partial charge in [0.05, 0.1) is 0 Å². The fraction of sp³-hybridized carbons (Fsp3) is 0.250. The Balaban J connectivity index is 2.54. The second-order valence-corrected chi connectivity index (χ2v) is 4.74. The lowest BCUT2D eigenvalue weighted by atomic mass is 10.2. The number of allylic oxidation sites excluding steroid dienone is 1. The molecule has 1 N–H and O–H groups in total. The molecule has 0 aliphatic carbocycles. The van der Waals surface area contributed by atoms with Crippen LogP contribution in [0, 0.1) is 3.57 Å². The number of benzene rings is 1. The number of hydrogen-bond acceptors (Lipinski definition) is 1. The molecule has 15 heavy (non-hydrogen) atoms. The van der Waals surface area contributed by atoms with Gasteiger partial charge in [-0.25, -0.2) is 0 Å². The fourth-order valence-corrected chi connectivity index (χ4v) is 1.41. The highest BCUT2D eigenvalue weighted by Gasteiger charge is 2.02. The fourth-order valence-electron chi connectivity index (χ4n) is 1.05. The van der Waals surface area contributed by atoms with Crippen molar-refractivity contribution in [1.82, 2.24) is 5.32 Å². The van der Waals surface area contributed by atoms with Gasteiger partial charge in [0.25, 0.3) is 5.91 Å². The van der Waals surface area contributed by atoms with Gasteiger partial charge in [0.2, 0.25) is 0 Å². The molecule has 3 heteroatoms. The first-order valence-corrected chi connectivity index (χ1v) is 5.84. The third kappa shape index (κ3) is 4.46. The van der Waals surface area contributed by atoms with Crippen molar-refractivity contribution in [3.05, 3.63) is 45.0 Å². The van der Waals surface area contributed by atoms with E-state index in [-0.39, 0.29) is 5.91 Å². The van der Waals surface area contributed by atoms with Crippen LogP contribution in [-0.2, 0) is 0 Å². The van der Waals surface area contributed by atoms with Crippen LogP contribution in [0.15, 0.2) is 35.9 Å². The molecule has 0 heterocycles. The van der Waals surface area contributed by atoms with E-state index < -0.39 is 0 Å². The van der Waals surface area contributed by atoms with Gasteiger partial charge in [-0.1, -0.05) is 11.6 Å². The van der Waals surface area contributed by atoms with Gasteiger partial charge < -0.3 is 5.32 Å². The Bertz CT molecular complexity index is 364. The van der Waals surface area contributed by atoms with E-state index >= 15 is 0 Å². The first-order chi connectivity index (χ1) is 7.09. The smallest absolute Gasteiger partial charge is 0.251 e. The third-order valence-corrected chi connectivity index (χ3v) is 2.60. The van der Waals surface area contributed by atoms with Crippen molar-refractivity contribution in [1.29, 1.82) is 0 Å². The minimum absolute atomic E-state index is 0.0242. The second kappa shape index (κ2) is 5.90. The van der Waals surface area contributed by atoms with Crippen molar-refractivity contribution in [3.63, 3.8) is 0 Å². The third-order valence-electron chi connectivity index (χ3n) is 1.88. The first-order valence-electron chi connectivity index (χ1n) is 4.76. The highest BCUT2D eigenvalue weighted by atomic mass is 127. The van der Waals surface area contributed by atoms with Gasteiger partial charge in [0.1, 0.15) is 0 Å². The molecule has 1 amide bonds. The molecule has 1 aromatic rings. The predicted molar refractivity (Wildman–Crippen MR) is 70.9 cm³/mol. The monoisotopic (exact) mass is 315 g/mol.